The normalized spacial score (nSPS) is 14.1. The molecule has 0 spiro atoms. The summed E-state index contributed by atoms with van der Waals surface area (Å²) in [6, 6.07) is 7.52. The summed E-state index contributed by atoms with van der Waals surface area (Å²) in [5.41, 5.74) is 7.32. The van der Waals surface area contributed by atoms with Crippen molar-refractivity contribution in [3.63, 3.8) is 0 Å². The smallest absolute Gasteiger partial charge is 0.323 e. The summed E-state index contributed by atoms with van der Waals surface area (Å²) >= 11 is 0. The fourth-order valence-corrected chi connectivity index (χ4v) is 2.03. The lowest BCUT2D eigenvalue weighted by Crippen LogP contribution is -2.37. The Balaban J connectivity index is 1.88. The summed E-state index contributed by atoms with van der Waals surface area (Å²) in [4.78, 5) is 24.3. The van der Waals surface area contributed by atoms with Crippen molar-refractivity contribution < 1.29 is 14.7 Å². The number of aliphatic carboxylic acids is 1. The molecule has 2 rings (SSSR count). The lowest BCUT2D eigenvalue weighted by Gasteiger charge is -2.20. The molecule has 0 atom stereocenters. The number of carboxylic acid groups (broad SMARTS) is 1. The Morgan fingerprint density at radius 1 is 1.26 bits per heavy atom. The average molecular weight is 262 g/mol. The molecular weight excluding hydrogens is 244 g/mol. The van der Waals surface area contributed by atoms with E-state index in [4.69, 9.17) is 10.8 Å². The highest BCUT2D eigenvalue weighted by Gasteiger charge is 2.33. The maximum absolute atomic E-state index is 12.0. The zero-order chi connectivity index (χ0) is 13.8. The van der Waals surface area contributed by atoms with Gasteiger partial charge in [0.1, 0.15) is 6.54 Å². The van der Waals surface area contributed by atoms with Crippen LogP contribution >= 0.6 is 0 Å². The summed E-state index contributed by atoms with van der Waals surface area (Å²) < 4.78 is 0. The fourth-order valence-electron chi connectivity index (χ4n) is 2.03. The number of carbonyl (C=O) groups excluding carboxylic acids is 1. The number of amides is 1. The Morgan fingerprint density at radius 3 is 2.42 bits per heavy atom. The molecule has 1 aliphatic carbocycles. The molecule has 0 heterocycles. The van der Waals surface area contributed by atoms with Gasteiger partial charge in [-0.15, -0.1) is 0 Å². The van der Waals surface area contributed by atoms with E-state index in [0.29, 0.717) is 18.5 Å². The molecule has 0 aliphatic heterocycles. The van der Waals surface area contributed by atoms with Gasteiger partial charge >= 0.3 is 5.97 Å². The fraction of sp³-hybridized carbons (Fsp3) is 0.429. The first-order valence-corrected chi connectivity index (χ1v) is 6.42. The van der Waals surface area contributed by atoms with E-state index in [-0.39, 0.29) is 18.5 Å². The van der Waals surface area contributed by atoms with E-state index in [0.717, 1.165) is 18.4 Å². The van der Waals surface area contributed by atoms with Gasteiger partial charge in [-0.05, 0) is 37.0 Å². The van der Waals surface area contributed by atoms with Crippen LogP contribution in [0.5, 0.6) is 0 Å². The van der Waals surface area contributed by atoms with E-state index in [1.807, 2.05) is 12.1 Å². The van der Waals surface area contributed by atoms with E-state index in [9.17, 15) is 9.59 Å². The van der Waals surface area contributed by atoms with Gasteiger partial charge < -0.3 is 15.7 Å². The molecule has 5 nitrogen and oxygen atoms in total. The molecule has 3 N–H and O–H groups in total. The van der Waals surface area contributed by atoms with Crippen LogP contribution in [-0.4, -0.2) is 34.5 Å². The number of carboxylic acids is 1. The SMILES string of the molecule is Nc1ccc(CCC(=O)N(CC(=O)O)C2CC2)cc1. The van der Waals surface area contributed by atoms with Crippen molar-refractivity contribution in [2.75, 3.05) is 12.3 Å². The zero-order valence-electron chi connectivity index (χ0n) is 10.7. The van der Waals surface area contributed by atoms with Gasteiger partial charge in [0, 0.05) is 18.2 Å². The highest BCUT2D eigenvalue weighted by atomic mass is 16.4. The Hall–Kier alpha value is -2.04. The van der Waals surface area contributed by atoms with Crippen molar-refractivity contribution in [1.82, 2.24) is 4.90 Å². The van der Waals surface area contributed by atoms with E-state index >= 15 is 0 Å². The number of anilines is 1. The Labute approximate surface area is 112 Å². The molecule has 1 saturated carbocycles. The summed E-state index contributed by atoms with van der Waals surface area (Å²) in [6.45, 7) is -0.189. The third-order valence-corrected chi connectivity index (χ3v) is 3.22. The Morgan fingerprint density at radius 2 is 1.89 bits per heavy atom. The second kappa shape index (κ2) is 5.73. The van der Waals surface area contributed by atoms with Crippen LogP contribution in [0.1, 0.15) is 24.8 Å². The first-order valence-electron chi connectivity index (χ1n) is 6.42. The number of hydrogen-bond donors (Lipinski definition) is 2. The van der Waals surface area contributed by atoms with Gasteiger partial charge in [0.05, 0.1) is 0 Å². The standard InChI is InChI=1S/C14H18N2O3/c15-11-4-1-10(2-5-11)3-8-13(17)16(9-14(18)19)12-6-7-12/h1-2,4-5,12H,3,6-9,15H2,(H,18,19). The van der Waals surface area contributed by atoms with Crippen LogP contribution < -0.4 is 5.73 Å². The average Bonchev–Trinajstić information content (AvgIpc) is 3.19. The number of rotatable bonds is 6. The van der Waals surface area contributed by atoms with Crippen LogP contribution in [0.15, 0.2) is 24.3 Å². The number of hydrogen-bond acceptors (Lipinski definition) is 3. The predicted molar refractivity (Wildman–Crippen MR) is 71.5 cm³/mol. The Kier molecular flexibility index (Phi) is 4.04. The van der Waals surface area contributed by atoms with Crippen molar-refractivity contribution in [2.24, 2.45) is 0 Å². The van der Waals surface area contributed by atoms with E-state index < -0.39 is 5.97 Å². The van der Waals surface area contributed by atoms with Crippen LogP contribution in [0, 0.1) is 0 Å². The van der Waals surface area contributed by atoms with Crippen LogP contribution in [0.4, 0.5) is 5.69 Å². The van der Waals surface area contributed by atoms with Crippen molar-refractivity contribution in [3.05, 3.63) is 29.8 Å². The minimum atomic E-state index is -0.951. The number of benzene rings is 1. The van der Waals surface area contributed by atoms with Gasteiger partial charge in [-0.1, -0.05) is 12.1 Å². The number of nitrogens with zero attached hydrogens (tertiary/aromatic N) is 1. The molecule has 1 fully saturated rings. The minimum absolute atomic E-state index is 0.0817. The lowest BCUT2D eigenvalue weighted by atomic mass is 10.1. The van der Waals surface area contributed by atoms with Gasteiger partial charge in [0.25, 0.3) is 0 Å². The number of aryl methyl sites for hydroxylation is 1. The van der Waals surface area contributed by atoms with Crippen LogP contribution in [-0.2, 0) is 16.0 Å². The molecule has 0 bridgehead atoms. The minimum Gasteiger partial charge on any atom is -0.480 e. The number of nitrogens with two attached hydrogens (primary N) is 1. The highest BCUT2D eigenvalue weighted by Crippen LogP contribution is 2.27. The lowest BCUT2D eigenvalue weighted by molar-refractivity contribution is -0.144. The molecule has 0 aromatic heterocycles. The summed E-state index contributed by atoms with van der Waals surface area (Å²) in [5, 5.41) is 8.82. The van der Waals surface area contributed by atoms with Gasteiger partial charge in [-0.2, -0.15) is 0 Å². The topological polar surface area (TPSA) is 83.6 Å². The number of carbonyl (C=O) groups is 2. The predicted octanol–water partition coefficient (Wildman–Crippen LogP) is 1.28. The van der Waals surface area contributed by atoms with Crippen LogP contribution in [0.2, 0.25) is 0 Å². The quantitative estimate of drug-likeness (QED) is 0.756. The molecule has 1 aromatic rings. The largest absolute Gasteiger partial charge is 0.480 e. The van der Waals surface area contributed by atoms with E-state index in [1.54, 1.807) is 12.1 Å². The monoisotopic (exact) mass is 262 g/mol. The third-order valence-electron chi connectivity index (χ3n) is 3.22. The van der Waals surface area contributed by atoms with Gasteiger partial charge in [0.15, 0.2) is 0 Å². The molecule has 102 valence electrons. The molecule has 1 aliphatic rings. The van der Waals surface area contributed by atoms with E-state index in [2.05, 4.69) is 0 Å². The highest BCUT2D eigenvalue weighted by molar-refractivity contribution is 5.82. The van der Waals surface area contributed by atoms with Crippen LogP contribution in [0.3, 0.4) is 0 Å². The molecule has 1 amide bonds. The maximum atomic E-state index is 12.0. The van der Waals surface area contributed by atoms with Crippen molar-refractivity contribution in [1.29, 1.82) is 0 Å². The molecule has 5 heteroatoms. The molecule has 1 aromatic carbocycles. The van der Waals surface area contributed by atoms with Gasteiger partial charge in [-0.3, -0.25) is 9.59 Å². The van der Waals surface area contributed by atoms with Crippen molar-refractivity contribution in [3.8, 4) is 0 Å². The molecule has 0 saturated heterocycles. The number of nitrogen functional groups attached to an aromatic ring is 1. The van der Waals surface area contributed by atoms with Crippen LogP contribution in [0.25, 0.3) is 0 Å². The summed E-state index contributed by atoms with van der Waals surface area (Å²) in [6.07, 6.45) is 2.79. The maximum Gasteiger partial charge on any atom is 0.323 e. The molecule has 19 heavy (non-hydrogen) atoms. The van der Waals surface area contributed by atoms with Gasteiger partial charge in [0.2, 0.25) is 5.91 Å². The van der Waals surface area contributed by atoms with Gasteiger partial charge in [-0.25, -0.2) is 0 Å². The first kappa shape index (κ1) is 13.4. The second-order valence-corrected chi connectivity index (χ2v) is 4.89. The molecular formula is C14H18N2O3. The first-order chi connectivity index (χ1) is 9.06. The summed E-state index contributed by atoms with van der Waals surface area (Å²) in [7, 11) is 0. The van der Waals surface area contributed by atoms with Crippen molar-refractivity contribution >= 4 is 17.6 Å². The third kappa shape index (κ3) is 3.98. The zero-order valence-corrected chi connectivity index (χ0v) is 10.7. The molecule has 0 unspecified atom stereocenters. The second-order valence-electron chi connectivity index (χ2n) is 4.89. The summed E-state index contributed by atoms with van der Waals surface area (Å²) in [5.74, 6) is -1.03. The Bertz CT molecular complexity index is 466. The molecule has 0 radical (unpaired) electrons. The van der Waals surface area contributed by atoms with E-state index in [1.165, 1.54) is 4.90 Å². The van der Waals surface area contributed by atoms with Crippen molar-refractivity contribution in [2.45, 2.75) is 31.7 Å².